The Bertz CT molecular complexity index is 5300. The number of urea groups is 1. The molecule has 140 heavy (non-hydrogen) atoms. The molecule has 9 aromatic carbocycles. The molecule has 0 aliphatic carbocycles. The Morgan fingerprint density at radius 2 is 0.736 bits per heavy atom. The van der Waals surface area contributed by atoms with Crippen molar-refractivity contribution in [3.8, 4) is 5.75 Å². The molecular formula is C116H154F3N9O12. The number of carbonyl (C=O) groups is 11. The van der Waals surface area contributed by atoms with Gasteiger partial charge in [0.2, 0.25) is 41.4 Å². The van der Waals surface area contributed by atoms with E-state index >= 15 is 0 Å². The van der Waals surface area contributed by atoms with E-state index in [0.29, 0.717) is 44.9 Å². The molecule has 9 amide bonds. The van der Waals surface area contributed by atoms with E-state index in [1.807, 2.05) is 355 Å². The summed E-state index contributed by atoms with van der Waals surface area (Å²) in [6.45, 7) is 35.2. The quantitative estimate of drug-likeness (QED) is 0.0154. The first-order chi connectivity index (χ1) is 66.3. The number of Topliss-reactive ketones (excluding diaryl/α,β-unsaturated/α-hetero) is 3. The van der Waals surface area contributed by atoms with Gasteiger partial charge in [0.1, 0.15) is 42.3 Å². The lowest BCUT2D eigenvalue weighted by Crippen LogP contribution is -2.52. The molecular weight excluding hydrogens is 1770 g/mol. The number of likely N-dealkylation sites (N-methyl/N-ethyl adjacent to an activating group) is 1. The summed E-state index contributed by atoms with van der Waals surface area (Å²) >= 11 is 0. The van der Waals surface area contributed by atoms with Gasteiger partial charge in [0, 0.05) is 91.2 Å². The number of likely N-dealkylation sites (tertiary alicyclic amines) is 1. The first-order valence-electron chi connectivity index (χ1n) is 49.1. The van der Waals surface area contributed by atoms with Gasteiger partial charge in [-0.05, 0) is 142 Å². The summed E-state index contributed by atoms with van der Waals surface area (Å²) in [5.74, 6) is -2.95. The predicted octanol–water partition coefficient (Wildman–Crippen LogP) is 22.8. The van der Waals surface area contributed by atoms with E-state index in [9.17, 15) is 65.9 Å². The molecule has 0 radical (unpaired) electrons. The van der Waals surface area contributed by atoms with Gasteiger partial charge < -0.3 is 51.3 Å². The van der Waals surface area contributed by atoms with Crippen LogP contribution in [0, 0.1) is 44.5 Å². The lowest BCUT2D eigenvalue weighted by atomic mass is 9.88. The number of hydrogen-bond donors (Lipinski definition) is 6. The van der Waals surface area contributed by atoms with Crippen molar-refractivity contribution in [2.45, 2.75) is 270 Å². The molecule has 1 heterocycles. The van der Waals surface area contributed by atoms with Crippen molar-refractivity contribution >= 4 is 64.7 Å². The molecule has 24 heteroatoms. The summed E-state index contributed by atoms with van der Waals surface area (Å²) in [5, 5.41) is 17.6. The van der Waals surface area contributed by atoms with Crippen molar-refractivity contribution in [3.05, 3.63) is 317 Å². The fourth-order valence-corrected chi connectivity index (χ4v) is 14.3. The number of aryl methyl sites for hydroxylation is 2. The van der Waals surface area contributed by atoms with Crippen LogP contribution in [0.2, 0.25) is 0 Å². The highest BCUT2D eigenvalue weighted by Crippen LogP contribution is 2.32. The number of halogens is 3. The molecule has 6 N–H and O–H groups in total. The highest BCUT2D eigenvalue weighted by atomic mass is 19.2. The standard InChI is InChI=1S/C23H30N2O3.C23H29NO2.C22H27NO2.C16H21F3N2O.C16H24N2O2.C16H23NO2/c1-4-23(2,3)22(27)25-20(18-11-7-5-8-12-18)17-21(26)24-15-16-28-19-13-9-6-10-14-19;1-4-23(2,3)22(26)24-21(19-15-9-6-10-16-19)20(25)17-11-14-18-12-7-5-8-13-18;1-4-22(2,3)21(25)23-20(18-13-9-6-10-14-18)19(24)16-15-17-11-7-5-8-12-17;1-10-5-4-6-11(2)21(10)16(22)20(3)9-12-7-13(17)8-14(18)15(12)19;1-6-16(2,3)15(20)17-13(14(19)18(4)5)12-10-8-7-9-11-12;1-5-13(18)14(12-10-8-7-9-11-12)17-15(19)16(3,4)6-2/h5-14,20H,4,15-17H2,1-3H3,(H,24,26)(H,25,27);5-10,12-13,15-16,21H,4,11,14,17H2,1-3H3,(H,24,26);5-14,20H,4,15-16H2,1-3H3,(H,23,25);7-8,10-11H,4-6,9H2,1-3H3;7-11,13H,6H2,1-5H3,(H,17,20);7-11,14H,5-6H2,1-4H3,(H,17,19)/t20-;21-;20-;;13-;14-/m011.11/s1. The van der Waals surface area contributed by atoms with Crippen LogP contribution in [0.1, 0.15) is 283 Å². The number of ketones is 3. The predicted molar refractivity (Wildman–Crippen MR) is 552 cm³/mol. The van der Waals surface area contributed by atoms with Crippen LogP contribution < -0.4 is 36.6 Å². The maximum absolute atomic E-state index is 13.7. The van der Waals surface area contributed by atoms with E-state index in [1.165, 1.54) is 22.4 Å². The number of nitrogens with one attached hydrogen (secondary N) is 6. The minimum Gasteiger partial charge on any atom is -0.492 e. The fourth-order valence-electron chi connectivity index (χ4n) is 14.3. The minimum atomic E-state index is -1.24. The van der Waals surface area contributed by atoms with E-state index in [2.05, 4.69) is 44.0 Å². The number of ether oxygens (including phenoxy) is 1. The van der Waals surface area contributed by atoms with Crippen LogP contribution in [0.3, 0.4) is 0 Å². The number of piperidine rings is 1. The van der Waals surface area contributed by atoms with Gasteiger partial charge in [-0.1, -0.05) is 341 Å². The molecule has 1 saturated heterocycles. The van der Waals surface area contributed by atoms with E-state index in [-0.39, 0.29) is 101 Å². The third kappa shape index (κ3) is 39.1. The zero-order valence-corrected chi connectivity index (χ0v) is 86.4. The Hall–Kier alpha value is -12.9. The number of rotatable bonds is 40. The van der Waals surface area contributed by atoms with Gasteiger partial charge in [-0.2, -0.15) is 0 Å². The summed E-state index contributed by atoms with van der Waals surface area (Å²) in [6, 6.07) is 75.5. The van der Waals surface area contributed by atoms with Crippen molar-refractivity contribution in [2.75, 3.05) is 34.3 Å². The topological polar surface area (TPSA) is 279 Å². The molecule has 0 spiro atoms. The zero-order chi connectivity index (χ0) is 104. The molecule has 1 fully saturated rings. The van der Waals surface area contributed by atoms with Crippen molar-refractivity contribution in [2.24, 2.45) is 27.1 Å². The fraction of sp³-hybridized carbons (Fsp3) is 0.440. The molecule has 0 bridgehead atoms. The maximum Gasteiger partial charge on any atom is 0.320 e. The first kappa shape index (κ1) is 118. The van der Waals surface area contributed by atoms with Gasteiger partial charge >= 0.3 is 6.03 Å². The molecule has 10 rings (SSSR count). The molecule has 21 nitrogen and oxygen atoms in total. The van der Waals surface area contributed by atoms with Crippen LogP contribution in [-0.2, 0) is 67.3 Å². The number of nitrogens with zero attached hydrogens (tertiary/aromatic N) is 3. The number of carbonyl (C=O) groups excluding carboxylic acids is 11. The Morgan fingerprint density at radius 3 is 1.11 bits per heavy atom. The molecule has 2 unspecified atom stereocenters. The van der Waals surface area contributed by atoms with Crippen molar-refractivity contribution in [3.63, 3.8) is 0 Å². The third-order valence-electron chi connectivity index (χ3n) is 25.9. The third-order valence-corrected chi connectivity index (χ3v) is 25.9. The molecule has 7 atom stereocenters. The van der Waals surface area contributed by atoms with Crippen molar-refractivity contribution in [1.29, 1.82) is 0 Å². The normalized spacial score (nSPS) is 13.9. The van der Waals surface area contributed by atoms with Crippen LogP contribution in [0.25, 0.3) is 0 Å². The second kappa shape index (κ2) is 58.9. The van der Waals surface area contributed by atoms with E-state index in [4.69, 9.17) is 4.74 Å². The van der Waals surface area contributed by atoms with Gasteiger partial charge in [0.25, 0.3) is 0 Å². The molecule has 0 aromatic heterocycles. The smallest absolute Gasteiger partial charge is 0.320 e. The van der Waals surface area contributed by atoms with E-state index in [1.54, 1.807) is 19.0 Å². The zero-order valence-electron chi connectivity index (χ0n) is 86.4. The van der Waals surface area contributed by atoms with Crippen LogP contribution >= 0.6 is 0 Å². The van der Waals surface area contributed by atoms with E-state index in [0.717, 1.165) is 109 Å². The molecule has 756 valence electrons. The average Bonchev–Trinajstić information content (AvgIpc) is 0.818. The van der Waals surface area contributed by atoms with E-state index < -0.39 is 68.7 Å². The van der Waals surface area contributed by atoms with Crippen LogP contribution in [-0.4, -0.2) is 126 Å². The van der Waals surface area contributed by atoms with Crippen molar-refractivity contribution < 1.29 is 70.6 Å². The summed E-state index contributed by atoms with van der Waals surface area (Å²) in [7, 11) is 4.89. The molecule has 0 saturated carbocycles. The number of benzene rings is 9. The Labute approximate surface area is 831 Å². The lowest BCUT2D eigenvalue weighted by Gasteiger charge is -2.41. The lowest BCUT2D eigenvalue weighted by molar-refractivity contribution is -0.137. The summed E-state index contributed by atoms with van der Waals surface area (Å²) in [5.41, 5.74) is 4.02. The summed E-state index contributed by atoms with van der Waals surface area (Å²) in [6.07, 6.45) is 10.3. The number of para-hydroxylation sites is 1. The van der Waals surface area contributed by atoms with Gasteiger partial charge in [0.15, 0.2) is 29.0 Å². The molecule has 9 aromatic rings. The maximum atomic E-state index is 13.7. The highest BCUT2D eigenvalue weighted by molar-refractivity contribution is 5.94. The number of hydrogen-bond acceptors (Lipinski definition) is 12. The van der Waals surface area contributed by atoms with Gasteiger partial charge in [-0.25, -0.2) is 18.0 Å². The van der Waals surface area contributed by atoms with Crippen LogP contribution in [0.5, 0.6) is 5.75 Å². The van der Waals surface area contributed by atoms with Gasteiger partial charge in [-0.15, -0.1) is 0 Å². The largest absolute Gasteiger partial charge is 0.492 e. The summed E-state index contributed by atoms with van der Waals surface area (Å²) in [4.78, 5) is 142. The van der Waals surface area contributed by atoms with Gasteiger partial charge in [0.05, 0.1) is 25.6 Å². The van der Waals surface area contributed by atoms with Gasteiger partial charge in [-0.3, -0.25) is 47.9 Å². The Balaban J connectivity index is 0.000000298. The minimum absolute atomic E-state index is 0.0338. The second-order valence-electron chi connectivity index (χ2n) is 39.0. The monoisotopic (exact) mass is 1920 g/mol. The Morgan fingerprint density at radius 1 is 0.407 bits per heavy atom. The summed E-state index contributed by atoms with van der Waals surface area (Å²) < 4.78 is 45.8. The number of amides is 9. The van der Waals surface area contributed by atoms with Crippen molar-refractivity contribution in [1.82, 2.24) is 46.6 Å². The Kier molecular flexibility index (Phi) is 49.5. The van der Waals surface area contributed by atoms with Crippen LogP contribution in [0.4, 0.5) is 18.0 Å². The second-order valence-corrected chi connectivity index (χ2v) is 39.0. The molecule has 1 aliphatic heterocycles. The SMILES string of the molecule is CC1CCCC(C)N1C(=O)N(C)Cc1cc(F)cc(F)c1F.CCC(=O)[C@H](NC(=O)C(C)(C)CC)c1ccccc1.CCC(C)(C)C(=O)N[C@@H](C(=O)CCCc1ccccc1)c1ccccc1.CCC(C)(C)C(=O)N[C@@H](C(=O)CCc1ccccc1)c1ccccc1.CCC(C)(C)C(=O)N[C@@H](C(=O)N(C)C)c1ccccc1.CCC(C)(C)C(=O)N[C@@H](CC(=O)NCCOc1ccccc1)c1ccccc1. The molecule has 1 aliphatic rings. The van der Waals surface area contributed by atoms with Crippen LogP contribution in [0.15, 0.2) is 255 Å². The first-order valence-corrected chi connectivity index (χ1v) is 49.1. The average molecular weight is 1920 g/mol. The highest BCUT2D eigenvalue weighted by Gasteiger charge is 2.37.